The van der Waals surface area contributed by atoms with Gasteiger partial charge in [-0.1, -0.05) is 30.3 Å². The fourth-order valence-electron chi connectivity index (χ4n) is 3.95. The van der Waals surface area contributed by atoms with Crippen LogP contribution in [0.1, 0.15) is 36.5 Å². The van der Waals surface area contributed by atoms with Crippen LogP contribution >= 0.6 is 17.0 Å². The van der Waals surface area contributed by atoms with Crippen LogP contribution in [0.15, 0.2) is 59.0 Å². The second-order valence-corrected chi connectivity index (χ2v) is 7.09. The molecule has 0 radical (unpaired) electrons. The lowest BCUT2D eigenvalue weighted by Crippen LogP contribution is -2.35. The maximum absolute atomic E-state index is 9.71. The molecule has 1 N–H and O–H groups in total. The van der Waals surface area contributed by atoms with Crippen molar-refractivity contribution in [2.24, 2.45) is 0 Å². The van der Waals surface area contributed by atoms with Crippen LogP contribution < -0.4 is 0 Å². The molecule has 1 aliphatic rings. The topological polar surface area (TPSA) is 36.6 Å². The third kappa shape index (κ3) is 4.49. The number of phenols is 1. The molecule has 1 aromatic heterocycles. The highest BCUT2D eigenvalue weighted by Gasteiger charge is 2.21. The van der Waals surface area contributed by atoms with Gasteiger partial charge in [-0.25, -0.2) is 0 Å². The summed E-state index contributed by atoms with van der Waals surface area (Å²) in [4.78, 5) is 2.56. The zero-order chi connectivity index (χ0) is 17.1. The smallest absolute Gasteiger partial charge is 0.134 e. The fraction of sp³-hybridized carbons (Fsp3) is 0.364. The molecule has 1 unspecified atom stereocenters. The molecular weight excluding hydrogens is 390 g/mol. The molecule has 1 fully saturated rings. The van der Waals surface area contributed by atoms with Gasteiger partial charge in [0.15, 0.2) is 0 Å². The van der Waals surface area contributed by atoms with Gasteiger partial charge in [0.25, 0.3) is 0 Å². The van der Waals surface area contributed by atoms with E-state index in [1.165, 1.54) is 30.3 Å². The van der Waals surface area contributed by atoms with Crippen LogP contribution in [-0.4, -0.2) is 29.6 Å². The van der Waals surface area contributed by atoms with Crippen LogP contribution in [0.2, 0.25) is 0 Å². The highest BCUT2D eigenvalue weighted by atomic mass is 79.9. The lowest BCUT2D eigenvalue weighted by Gasteiger charge is -2.33. The fourth-order valence-corrected chi connectivity index (χ4v) is 3.95. The molecule has 0 aliphatic carbocycles. The average molecular weight is 416 g/mol. The summed E-state index contributed by atoms with van der Waals surface area (Å²) < 4.78 is 5.91. The number of piperidine rings is 1. The number of fused-ring (bicyclic) bond motifs is 1. The summed E-state index contributed by atoms with van der Waals surface area (Å²) in [5, 5.41) is 10.9. The number of aryl methyl sites for hydroxylation is 1. The first-order chi connectivity index (χ1) is 12.3. The number of para-hydroxylation sites is 1. The molecule has 1 atom stereocenters. The van der Waals surface area contributed by atoms with Crippen LogP contribution in [0, 0.1) is 0 Å². The first-order valence-electron chi connectivity index (χ1n) is 9.27. The number of hydrogen-bond acceptors (Lipinski definition) is 3. The lowest BCUT2D eigenvalue weighted by atomic mass is 9.90. The molecule has 1 aliphatic heterocycles. The van der Waals surface area contributed by atoms with E-state index in [2.05, 4.69) is 29.2 Å². The molecule has 0 spiro atoms. The van der Waals surface area contributed by atoms with E-state index in [0.717, 1.165) is 37.3 Å². The van der Waals surface area contributed by atoms with Gasteiger partial charge in [0.05, 0.1) is 0 Å². The maximum atomic E-state index is 9.71. The Morgan fingerprint density at radius 3 is 2.81 bits per heavy atom. The Morgan fingerprint density at radius 2 is 1.96 bits per heavy atom. The van der Waals surface area contributed by atoms with Crippen molar-refractivity contribution in [3.8, 4) is 5.75 Å². The Hall–Kier alpha value is -1.78. The predicted molar refractivity (Wildman–Crippen MR) is 111 cm³/mol. The zero-order valence-corrected chi connectivity index (χ0v) is 16.6. The quantitative estimate of drug-likeness (QED) is 0.594. The first-order valence-corrected chi connectivity index (χ1v) is 9.27. The van der Waals surface area contributed by atoms with Crippen LogP contribution in [-0.2, 0) is 6.42 Å². The van der Waals surface area contributed by atoms with Crippen molar-refractivity contribution in [1.29, 1.82) is 0 Å². The summed E-state index contributed by atoms with van der Waals surface area (Å²) in [5.74, 6) is 1.99. The van der Waals surface area contributed by atoms with Crippen molar-refractivity contribution in [2.45, 2.75) is 31.6 Å². The number of likely N-dealkylation sites (tertiary alicyclic amines) is 1. The van der Waals surface area contributed by atoms with Gasteiger partial charge in [-0.2, -0.15) is 0 Å². The SMILES string of the molecule is Br.Oc1cccc(C2CCCN(CCCc3cc4ccccc4o3)C2)c1. The van der Waals surface area contributed by atoms with Crippen molar-refractivity contribution < 1.29 is 9.52 Å². The van der Waals surface area contributed by atoms with Crippen LogP contribution in [0.5, 0.6) is 5.75 Å². The highest BCUT2D eigenvalue weighted by Crippen LogP contribution is 2.29. The van der Waals surface area contributed by atoms with Crippen LogP contribution in [0.4, 0.5) is 0 Å². The van der Waals surface area contributed by atoms with Crippen molar-refractivity contribution in [3.05, 3.63) is 65.9 Å². The minimum absolute atomic E-state index is 0. The molecule has 2 heterocycles. The second kappa shape index (κ2) is 8.74. The number of halogens is 1. The van der Waals surface area contributed by atoms with E-state index >= 15 is 0 Å². The second-order valence-electron chi connectivity index (χ2n) is 7.09. The van der Waals surface area contributed by atoms with Gasteiger partial charge in [-0.3, -0.25) is 0 Å². The molecule has 3 nitrogen and oxygen atoms in total. The summed E-state index contributed by atoms with van der Waals surface area (Å²) in [6, 6.07) is 18.1. The normalized spacial score (nSPS) is 17.9. The van der Waals surface area contributed by atoms with Gasteiger partial charge < -0.3 is 14.4 Å². The number of benzene rings is 2. The molecule has 1 saturated heterocycles. The summed E-state index contributed by atoms with van der Waals surface area (Å²) in [5.41, 5.74) is 2.25. The van der Waals surface area contributed by atoms with Gasteiger partial charge in [0.2, 0.25) is 0 Å². The van der Waals surface area contributed by atoms with E-state index in [4.69, 9.17) is 4.42 Å². The number of phenolic OH excluding ortho intramolecular Hbond substituents is 1. The van der Waals surface area contributed by atoms with Crippen LogP contribution in [0.25, 0.3) is 11.0 Å². The maximum Gasteiger partial charge on any atom is 0.134 e. The highest BCUT2D eigenvalue weighted by molar-refractivity contribution is 8.93. The first kappa shape index (κ1) is 19.0. The van der Waals surface area contributed by atoms with E-state index in [-0.39, 0.29) is 17.0 Å². The minimum atomic E-state index is 0. The van der Waals surface area contributed by atoms with E-state index in [1.54, 1.807) is 6.07 Å². The number of rotatable bonds is 5. The standard InChI is InChI=1S/C22H25NO2.BrH/c24-20-9-3-7-17(14-20)19-8-4-12-23(16-19)13-5-10-21-15-18-6-1-2-11-22(18)25-21;/h1-3,6-7,9,11,14-15,19,24H,4-5,8,10,12-13,16H2;1H. The molecule has 138 valence electrons. The van der Waals surface area contributed by atoms with E-state index in [1.807, 2.05) is 24.3 Å². The molecule has 4 rings (SSSR count). The largest absolute Gasteiger partial charge is 0.508 e. The Kier molecular flexibility index (Phi) is 6.38. The molecule has 26 heavy (non-hydrogen) atoms. The van der Waals surface area contributed by atoms with Gasteiger partial charge in [0.1, 0.15) is 17.1 Å². The average Bonchev–Trinajstić information content (AvgIpc) is 3.05. The lowest BCUT2D eigenvalue weighted by molar-refractivity contribution is 0.205. The summed E-state index contributed by atoms with van der Waals surface area (Å²) >= 11 is 0. The number of aromatic hydroxyl groups is 1. The van der Waals surface area contributed by atoms with Gasteiger partial charge in [-0.15, -0.1) is 17.0 Å². The zero-order valence-electron chi connectivity index (χ0n) is 14.9. The number of hydrogen-bond donors (Lipinski definition) is 1. The van der Waals surface area contributed by atoms with Crippen molar-refractivity contribution in [3.63, 3.8) is 0 Å². The predicted octanol–water partition coefficient (Wildman–Crippen LogP) is 5.53. The van der Waals surface area contributed by atoms with Crippen LogP contribution in [0.3, 0.4) is 0 Å². The molecule has 4 heteroatoms. The summed E-state index contributed by atoms with van der Waals surface area (Å²) in [6.45, 7) is 3.37. The Morgan fingerprint density at radius 1 is 1.08 bits per heavy atom. The van der Waals surface area contributed by atoms with E-state index < -0.39 is 0 Å². The summed E-state index contributed by atoms with van der Waals surface area (Å²) in [6.07, 6.45) is 4.54. The van der Waals surface area contributed by atoms with E-state index in [9.17, 15) is 5.11 Å². The molecule has 2 aromatic carbocycles. The Balaban J connectivity index is 0.00000196. The van der Waals surface area contributed by atoms with Gasteiger partial charge in [-0.05, 0) is 68.1 Å². The van der Waals surface area contributed by atoms with Crippen molar-refractivity contribution >= 4 is 28.0 Å². The van der Waals surface area contributed by atoms with Gasteiger partial charge in [0, 0.05) is 18.4 Å². The summed E-state index contributed by atoms with van der Waals surface area (Å²) in [7, 11) is 0. The molecule has 0 amide bonds. The number of furan rings is 1. The Bertz CT molecular complexity index is 812. The molecular formula is C22H26BrNO2. The molecule has 0 bridgehead atoms. The third-order valence-corrected chi connectivity index (χ3v) is 5.22. The third-order valence-electron chi connectivity index (χ3n) is 5.22. The molecule has 0 saturated carbocycles. The Labute approximate surface area is 165 Å². The van der Waals surface area contributed by atoms with Crippen molar-refractivity contribution in [1.82, 2.24) is 4.90 Å². The monoisotopic (exact) mass is 415 g/mol. The minimum Gasteiger partial charge on any atom is -0.508 e. The van der Waals surface area contributed by atoms with E-state index in [0.29, 0.717) is 11.7 Å². The number of nitrogens with zero attached hydrogens (tertiary/aromatic N) is 1. The molecule has 3 aromatic rings. The van der Waals surface area contributed by atoms with Gasteiger partial charge >= 0.3 is 0 Å². The van der Waals surface area contributed by atoms with Crippen molar-refractivity contribution in [2.75, 3.05) is 19.6 Å².